The van der Waals surface area contributed by atoms with Crippen molar-refractivity contribution in [3.05, 3.63) is 40.5 Å². The van der Waals surface area contributed by atoms with Gasteiger partial charge in [0.25, 0.3) is 5.91 Å². The summed E-state index contributed by atoms with van der Waals surface area (Å²) >= 11 is 0. The first-order valence-corrected chi connectivity index (χ1v) is 5.03. The van der Waals surface area contributed by atoms with Crippen molar-refractivity contribution in [2.75, 3.05) is 13.1 Å². The Morgan fingerprint density at radius 1 is 1.56 bits per heavy atom. The standard InChI is InChI=1S/C10H13N5O/c11-15-14-7-2-1-6-13-10(16)9-4-3-5-12-8-9/h3-5,8H,1-2,6-7H2,(H,13,16). The maximum atomic E-state index is 11.5. The van der Waals surface area contributed by atoms with Crippen LogP contribution in [0.5, 0.6) is 0 Å². The fraction of sp³-hybridized carbons (Fsp3) is 0.400. The van der Waals surface area contributed by atoms with E-state index >= 15 is 0 Å². The van der Waals surface area contributed by atoms with E-state index in [1.165, 1.54) is 6.20 Å². The van der Waals surface area contributed by atoms with Gasteiger partial charge in [0.05, 0.1) is 5.56 Å². The third kappa shape index (κ3) is 4.43. The summed E-state index contributed by atoms with van der Waals surface area (Å²) in [5, 5.41) is 6.17. The van der Waals surface area contributed by atoms with Crippen LogP contribution >= 0.6 is 0 Å². The fourth-order valence-corrected chi connectivity index (χ4v) is 1.15. The molecule has 1 aromatic heterocycles. The van der Waals surface area contributed by atoms with Crippen LogP contribution in [0.1, 0.15) is 23.2 Å². The second-order valence-electron chi connectivity index (χ2n) is 3.16. The highest BCUT2D eigenvalue weighted by molar-refractivity contribution is 5.93. The van der Waals surface area contributed by atoms with Gasteiger partial charge in [-0.05, 0) is 30.5 Å². The Bertz CT molecular complexity index is 372. The first-order valence-electron chi connectivity index (χ1n) is 5.03. The van der Waals surface area contributed by atoms with Gasteiger partial charge in [-0.15, -0.1) is 0 Å². The minimum Gasteiger partial charge on any atom is -0.352 e. The number of rotatable bonds is 6. The maximum absolute atomic E-state index is 11.5. The number of hydrogen-bond donors (Lipinski definition) is 1. The molecule has 16 heavy (non-hydrogen) atoms. The van der Waals surface area contributed by atoms with Crippen LogP contribution in [0.15, 0.2) is 29.6 Å². The maximum Gasteiger partial charge on any atom is 0.252 e. The van der Waals surface area contributed by atoms with Crippen LogP contribution in [0.4, 0.5) is 0 Å². The predicted molar refractivity (Wildman–Crippen MR) is 59.8 cm³/mol. The topological polar surface area (TPSA) is 90.8 Å². The molecule has 6 heteroatoms. The number of nitrogens with zero attached hydrogens (tertiary/aromatic N) is 4. The molecular formula is C10H13N5O. The molecule has 1 amide bonds. The lowest BCUT2D eigenvalue weighted by Crippen LogP contribution is -2.24. The van der Waals surface area contributed by atoms with Gasteiger partial charge in [-0.1, -0.05) is 5.11 Å². The summed E-state index contributed by atoms with van der Waals surface area (Å²) in [6, 6.07) is 3.43. The third-order valence-corrected chi connectivity index (χ3v) is 1.96. The molecule has 0 saturated carbocycles. The largest absolute Gasteiger partial charge is 0.352 e. The van der Waals surface area contributed by atoms with E-state index in [1.807, 2.05) is 0 Å². The van der Waals surface area contributed by atoms with E-state index in [2.05, 4.69) is 20.3 Å². The van der Waals surface area contributed by atoms with E-state index in [4.69, 9.17) is 5.53 Å². The lowest BCUT2D eigenvalue weighted by molar-refractivity contribution is 0.0952. The average molecular weight is 219 g/mol. The summed E-state index contributed by atoms with van der Waals surface area (Å²) in [7, 11) is 0. The molecule has 0 fully saturated rings. The van der Waals surface area contributed by atoms with Crippen molar-refractivity contribution in [3.8, 4) is 0 Å². The smallest absolute Gasteiger partial charge is 0.252 e. The van der Waals surface area contributed by atoms with Crippen molar-refractivity contribution in [3.63, 3.8) is 0 Å². The molecule has 1 rings (SSSR count). The van der Waals surface area contributed by atoms with Gasteiger partial charge in [0.1, 0.15) is 0 Å². The summed E-state index contributed by atoms with van der Waals surface area (Å²) in [5.41, 5.74) is 8.59. The number of unbranched alkanes of at least 4 members (excludes halogenated alkanes) is 1. The molecule has 0 aliphatic heterocycles. The Morgan fingerprint density at radius 2 is 2.44 bits per heavy atom. The number of hydrogen-bond acceptors (Lipinski definition) is 3. The van der Waals surface area contributed by atoms with Crippen LogP contribution in [0.25, 0.3) is 10.4 Å². The summed E-state index contributed by atoms with van der Waals surface area (Å²) in [6.45, 7) is 1.05. The van der Waals surface area contributed by atoms with Gasteiger partial charge in [0.15, 0.2) is 0 Å². The zero-order valence-corrected chi connectivity index (χ0v) is 8.83. The normalized spacial score (nSPS) is 9.25. The summed E-state index contributed by atoms with van der Waals surface area (Å²) in [6.07, 6.45) is 4.72. The zero-order valence-electron chi connectivity index (χ0n) is 8.83. The molecule has 84 valence electrons. The van der Waals surface area contributed by atoms with E-state index in [9.17, 15) is 4.79 Å². The SMILES string of the molecule is [N-]=[N+]=NCCCCNC(=O)c1cccnc1. The first kappa shape index (κ1) is 12.0. The van der Waals surface area contributed by atoms with E-state index < -0.39 is 0 Å². The number of pyridine rings is 1. The van der Waals surface area contributed by atoms with Gasteiger partial charge in [0, 0.05) is 30.4 Å². The highest BCUT2D eigenvalue weighted by Crippen LogP contribution is 1.95. The number of carbonyl (C=O) groups is 1. The van der Waals surface area contributed by atoms with Crippen LogP contribution < -0.4 is 5.32 Å². The van der Waals surface area contributed by atoms with E-state index in [0.29, 0.717) is 18.7 Å². The number of amides is 1. The van der Waals surface area contributed by atoms with Crippen molar-refractivity contribution in [2.24, 2.45) is 5.11 Å². The van der Waals surface area contributed by atoms with Crippen LogP contribution in [-0.2, 0) is 0 Å². The van der Waals surface area contributed by atoms with Gasteiger partial charge in [-0.2, -0.15) is 0 Å². The Labute approximate surface area is 93.3 Å². The van der Waals surface area contributed by atoms with Gasteiger partial charge in [0.2, 0.25) is 0 Å². The van der Waals surface area contributed by atoms with E-state index in [1.54, 1.807) is 18.3 Å². The Hall–Kier alpha value is -2.07. The number of aromatic nitrogens is 1. The fourth-order valence-electron chi connectivity index (χ4n) is 1.15. The molecule has 1 N–H and O–H groups in total. The lowest BCUT2D eigenvalue weighted by Gasteiger charge is -2.03. The highest BCUT2D eigenvalue weighted by Gasteiger charge is 2.02. The number of nitrogens with one attached hydrogen (secondary N) is 1. The summed E-state index contributed by atoms with van der Waals surface area (Å²) < 4.78 is 0. The van der Waals surface area contributed by atoms with Gasteiger partial charge < -0.3 is 5.32 Å². The Kier molecular flexibility index (Phi) is 5.44. The van der Waals surface area contributed by atoms with E-state index in [0.717, 1.165) is 12.8 Å². The molecule has 0 bridgehead atoms. The first-order chi connectivity index (χ1) is 7.84. The molecule has 0 unspecified atom stereocenters. The van der Waals surface area contributed by atoms with Crippen molar-refractivity contribution in [1.29, 1.82) is 0 Å². The number of carbonyl (C=O) groups excluding carboxylic acids is 1. The van der Waals surface area contributed by atoms with Gasteiger partial charge in [-0.3, -0.25) is 9.78 Å². The molecule has 6 nitrogen and oxygen atoms in total. The predicted octanol–water partition coefficient (Wildman–Crippen LogP) is 1.90. The lowest BCUT2D eigenvalue weighted by atomic mass is 10.2. The van der Waals surface area contributed by atoms with Crippen molar-refractivity contribution < 1.29 is 4.79 Å². The minimum absolute atomic E-state index is 0.128. The van der Waals surface area contributed by atoms with Gasteiger partial charge >= 0.3 is 0 Å². The molecular weight excluding hydrogens is 206 g/mol. The summed E-state index contributed by atoms with van der Waals surface area (Å²) in [4.78, 5) is 18.0. The molecule has 0 aliphatic carbocycles. The zero-order chi connectivity index (χ0) is 11.6. The summed E-state index contributed by atoms with van der Waals surface area (Å²) in [5.74, 6) is -0.128. The minimum atomic E-state index is -0.128. The van der Waals surface area contributed by atoms with Crippen LogP contribution in [0, 0.1) is 0 Å². The molecule has 0 atom stereocenters. The van der Waals surface area contributed by atoms with Crippen LogP contribution in [-0.4, -0.2) is 24.0 Å². The molecule has 1 aromatic rings. The molecule has 0 aromatic carbocycles. The Morgan fingerprint density at radius 3 is 3.12 bits per heavy atom. The average Bonchev–Trinajstić information content (AvgIpc) is 2.34. The Balaban J connectivity index is 2.18. The third-order valence-electron chi connectivity index (χ3n) is 1.96. The van der Waals surface area contributed by atoms with Crippen molar-refractivity contribution in [1.82, 2.24) is 10.3 Å². The van der Waals surface area contributed by atoms with Crippen molar-refractivity contribution in [2.45, 2.75) is 12.8 Å². The molecule has 0 spiro atoms. The molecule has 0 radical (unpaired) electrons. The van der Waals surface area contributed by atoms with Crippen LogP contribution in [0.2, 0.25) is 0 Å². The monoisotopic (exact) mass is 219 g/mol. The molecule has 0 aliphatic rings. The molecule has 1 heterocycles. The number of azide groups is 1. The highest BCUT2D eigenvalue weighted by atomic mass is 16.1. The molecule has 0 saturated heterocycles. The quantitative estimate of drug-likeness (QED) is 0.342. The second kappa shape index (κ2) is 7.25. The van der Waals surface area contributed by atoms with Crippen LogP contribution in [0.3, 0.4) is 0 Å². The van der Waals surface area contributed by atoms with Crippen molar-refractivity contribution >= 4 is 5.91 Å². The van der Waals surface area contributed by atoms with Gasteiger partial charge in [-0.25, -0.2) is 0 Å². The second-order valence-corrected chi connectivity index (χ2v) is 3.16. The van der Waals surface area contributed by atoms with E-state index in [-0.39, 0.29) is 5.91 Å².